The molecule has 0 aliphatic rings. The Labute approximate surface area is 59.7 Å². The lowest BCUT2D eigenvalue weighted by atomic mass is 11.0. The van der Waals surface area contributed by atoms with Crippen LogP contribution in [-0.2, 0) is 20.0 Å². The van der Waals surface area contributed by atoms with E-state index in [-0.39, 0.29) is 0 Å². The molecule has 7 heteroatoms. The molecule has 0 aromatic rings. The SMILES string of the molecule is CS(=O)(=O)CCS(=O)(=O)[O-]. The Kier molecular flexibility index (Phi) is 2.81. The molecule has 0 amide bonds. The van der Waals surface area contributed by atoms with Crippen molar-refractivity contribution in [1.82, 2.24) is 0 Å². The summed E-state index contributed by atoms with van der Waals surface area (Å²) in [6, 6.07) is 0. The van der Waals surface area contributed by atoms with Crippen LogP contribution in [0.3, 0.4) is 0 Å². The van der Waals surface area contributed by atoms with Crippen molar-refractivity contribution in [2.45, 2.75) is 0 Å². The molecule has 0 heterocycles. The molecule has 0 aromatic carbocycles. The van der Waals surface area contributed by atoms with Crippen molar-refractivity contribution in [3.8, 4) is 0 Å². The van der Waals surface area contributed by atoms with Gasteiger partial charge in [0.2, 0.25) is 0 Å². The molecule has 62 valence electrons. The van der Waals surface area contributed by atoms with Crippen molar-refractivity contribution in [3.63, 3.8) is 0 Å². The third kappa shape index (κ3) is 7.86. The van der Waals surface area contributed by atoms with Gasteiger partial charge in [0.15, 0.2) is 0 Å². The first-order valence-corrected chi connectivity index (χ1v) is 5.96. The van der Waals surface area contributed by atoms with Crippen LogP contribution in [0.2, 0.25) is 0 Å². The van der Waals surface area contributed by atoms with Gasteiger partial charge in [0.05, 0.1) is 21.6 Å². The molecular weight excluding hydrogens is 180 g/mol. The second kappa shape index (κ2) is 2.85. The second-order valence-corrected chi connectivity index (χ2v) is 5.68. The molecule has 0 N–H and O–H groups in total. The van der Waals surface area contributed by atoms with Gasteiger partial charge in [0.25, 0.3) is 0 Å². The highest BCUT2D eigenvalue weighted by Gasteiger charge is 2.04. The number of rotatable bonds is 3. The summed E-state index contributed by atoms with van der Waals surface area (Å²) >= 11 is 0. The van der Waals surface area contributed by atoms with Gasteiger partial charge in [-0.15, -0.1) is 0 Å². The Hall–Kier alpha value is -0.140. The largest absolute Gasteiger partial charge is 0.748 e. The quantitative estimate of drug-likeness (QED) is 0.505. The Morgan fingerprint density at radius 3 is 1.60 bits per heavy atom. The summed E-state index contributed by atoms with van der Waals surface area (Å²) < 4.78 is 50.1. The van der Waals surface area contributed by atoms with E-state index >= 15 is 0 Å². The van der Waals surface area contributed by atoms with Gasteiger partial charge in [-0.25, -0.2) is 16.8 Å². The first-order valence-electron chi connectivity index (χ1n) is 2.32. The molecule has 0 unspecified atom stereocenters. The van der Waals surface area contributed by atoms with E-state index < -0.39 is 31.5 Å². The van der Waals surface area contributed by atoms with Crippen LogP contribution >= 0.6 is 0 Å². The van der Waals surface area contributed by atoms with Gasteiger partial charge in [-0.3, -0.25) is 0 Å². The molecule has 0 atom stereocenters. The van der Waals surface area contributed by atoms with Crippen molar-refractivity contribution in [2.75, 3.05) is 17.8 Å². The lowest BCUT2D eigenvalue weighted by Crippen LogP contribution is -2.15. The smallest absolute Gasteiger partial charge is 0.148 e. The third-order valence-electron chi connectivity index (χ3n) is 0.704. The van der Waals surface area contributed by atoms with Crippen LogP contribution in [0.15, 0.2) is 0 Å². The summed E-state index contributed by atoms with van der Waals surface area (Å²) in [4.78, 5) is 0. The fourth-order valence-electron chi connectivity index (χ4n) is 0.253. The van der Waals surface area contributed by atoms with E-state index in [2.05, 4.69) is 0 Å². The molecular formula is C3H7O5S2-. The fourth-order valence-corrected chi connectivity index (χ4v) is 2.28. The average Bonchev–Trinajstić information content (AvgIpc) is 1.57. The highest BCUT2D eigenvalue weighted by molar-refractivity contribution is 7.92. The standard InChI is InChI=1S/C3H8O5S2/c1-9(4,5)2-3-10(6,7)8/h2-3H2,1H3,(H,6,7,8)/p-1. The maximum Gasteiger partial charge on any atom is 0.148 e. The Morgan fingerprint density at radius 2 is 1.50 bits per heavy atom. The molecule has 0 rings (SSSR count). The van der Waals surface area contributed by atoms with Gasteiger partial charge in [-0.2, -0.15) is 0 Å². The van der Waals surface area contributed by atoms with Crippen molar-refractivity contribution < 1.29 is 21.4 Å². The minimum atomic E-state index is -4.39. The Bertz CT molecular complexity index is 251. The average molecular weight is 187 g/mol. The second-order valence-electron chi connectivity index (χ2n) is 1.89. The van der Waals surface area contributed by atoms with Gasteiger partial charge < -0.3 is 4.55 Å². The number of hydrogen-bond donors (Lipinski definition) is 0. The highest BCUT2D eigenvalue weighted by Crippen LogP contribution is 1.87. The minimum absolute atomic E-state index is 0.598. The molecule has 5 nitrogen and oxygen atoms in total. The van der Waals surface area contributed by atoms with E-state index in [0.29, 0.717) is 0 Å². The van der Waals surface area contributed by atoms with Gasteiger partial charge in [-0.05, 0) is 0 Å². The molecule has 0 saturated heterocycles. The van der Waals surface area contributed by atoms with E-state index in [1.54, 1.807) is 0 Å². The molecule has 10 heavy (non-hydrogen) atoms. The zero-order valence-corrected chi connectivity index (χ0v) is 6.90. The highest BCUT2D eigenvalue weighted by atomic mass is 32.2. The number of hydrogen-bond acceptors (Lipinski definition) is 5. The summed E-state index contributed by atoms with van der Waals surface area (Å²) in [7, 11) is -7.72. The van der Waals surface area contributed by atoms with Crippen LogP contribution in [0, 0.1) is 0 Å². The number of sulfone groups is 1. The normalized spacial score (nSPS) is 13.4. The maximum absolute atomic E-state index is 10.3. The summed E-state index contributed by atoms with van der Waals surface area (Å²) in [6.07, 6.45) is 0.873. The fraction of sp³-hybridized carbons (Fsp3) is 1.00. The van der Waals surface area contributed by atoms with E-state index in [0.717, 1.165) is 6.26 Å². The zero-order valence-electron chi connectivity index (χ0n) is 5.27. The van der Waals surface area contributed by atoms with Crippen LogP contribution < -0.4 is 0 Å². The lowest BCUT2D eigenvalue weighted by Gasteiger charge is -2.03. The third-order valence-corrected chi connectivity index (χ3v) is 2.61. The summed E-state index contributed by atoms with van der Waals surface area (Å²) in [5.74, 6) is -1.44. The van der Waals surface area contributed by atoms with Crippen molar-refractivity contribution in [1.29, 1.82) is 0 Å². The van der Waals surface area contributed by atoms with Crippen molar-refractivity contribution in [2.24, 2.45) is 0 Å². The summed E-state index contributed by atoms with van der Waals surface area (Å²) in [5, 5.41) is 0. The van der Waals surface area contributed by atoms with Gasteiger partial charge >= 0.3 is 0 Å². The molecule has 0 fully saturated rings. The van der Waals surface area contributed by atoms with E-state index in [4.69, 9.17) is 0 Å². The van der Waals surface area contributed by atoms with Gasteiger partial charge in [0, 0.05) is 6.26 Å². The predicted molar refractivity (Wildman–Crippen MR) is 34.3 cm³/mol. The van der Waals surface area contributed by atoms with Crippen LogP contribution in [0.5, 0.6) is 0 Å². The maximum atomic E-state index is 10.3. The van der Waals surface area contributed by atoms with E-state index in [1.165, 1.54) is 0 Å². The van der Waals surface area contributed by atoms with Gasteiger partial charge in [-0.1, -0.05) is 0 Å². The summed E-state index contributed by atoms with van der Waals surface area (Å²) in [5.41, 5.74) is 0. The lowest BCUT2D eigenvalue weighted by molar-refractivity contribution is 0.464. The van der Waals surface area contributed by atoms with Crippen LogP contribution in [0.25, 0.3) is 0 Å². The van der Waals surface area contributed by atoms with Crippen molar-refractivity contribution >= 4 is 20.0 Å². The van der Waals surface area contributed by atoms with E-state index in [1.807, 2.05) is 0 Å². The molecule has 0 bridgehead atoms. The Morgan fingerprint density at radius 1 is 1.10 bits per heavy atom. The minimum Gasteiger partial charge on any atom is -0.748 e. The molecule has 0 aromatic heterocycles. The first-order chi connectivity index (χ1) is 4.21. The van der Waals surface area contributed by atoms with Crippen LogP contribution in [0.1, 0.15) is 0 Å². The molecule has 0 saturated carbocycles. The monoisotopic (exact) mass is 187 g/mol. The Balaban J connectivity index is 4.05. The first kappa shape index (κ1) is 9.86. The summed E-state index contributed by atoms with van der Waals surface area (Å²) in [6.45, 7) is 0. The molecule has 0 radical (unpaired) electrons. The molecule has 0 aliphatic carbocycles. The molecule has 0 aliphatic heterocycles. The molecule has 0 spiro atoms. The zero-order chi connectivity index (χ0) is 8.41. The topological polar surface area (TPSA) is 91.3 Å². The van der Waals surface area contributed by atoms with Gasteiger partial charge in [0.1, 0.15) is 9.84 Å². The van der Waals surface area contributed by atoms with Crippen LogP contribution in [0.4, 0.5) is 0 Å². The van der Waals surface area contributed by atoms with Crippen LogP contribution in [-0.4, -0.2) is 39.1 Å². The predicted octanol–water partition coefficient (Wildman–Crippen LogP) is -1.42. The van der Waals surface area contributed by atoms with E-state index in [9.17, 15) is 21.4 Å². The van der Waals surface area contributed by atoms with Crippen molar-refractivity contribution in [3.05, 3.63) is 0 Å².